The second kappa shape index (κ2) is 6.55. The fraction of sp³-hybridized carbons (Fsp3) is 1.00. The summed E-state index contributed by atoms with van der Waals surface area (Å²) < 4.78 is 5.07. The van der Waals surface area contributed by atoms with Crippen LogP contribution in [-0.4, -0.2) is 61.5 Å². The molecule has 0 unspecified atom stereocenters. The third kappa shape index (κ3) is 5.80. The average Bonchev–Trinajstić information content (AvgIpc) is 2.24. The zero-order valence-electron chi connectivity index (χ0n) is 10.8. The van der Waals surface area contributed by atoms with Crippen LogP contribution >= 0.6 is 0 Å². The Morgan fingerprint density at radius 1 is 1.38 bits per heavy atom. The van der Waals surface area contributed by atoms with Gasteiger partial charge in [0.05, 0.1) is 12.2 Å². The van der Waals surface area contributed by atoms with Gasteiger partial charge in [-0.15, -0.1) is 0 Å². The molecule has 4 nitrogen and oxygen atoms in total. The van der Waals surface area contributed by atoms with Gasteiger partial charge in [0.25, 0.3) is 0 Å². The molecule has 0 amide bonds. The molecular formula is C12H26N2O2. The van der Waals surface area contributed by atoms with Gasteiger partial charge in [-0.3, -0.25) is 0 Å². The Balaban J connectivity index is 2.12. The summed E-state index contributed by atoms with van der Waals surface area (Å²) in [6.07, 6.45) is 2.33. The molecule has 1 saturated heterocycles. The number of aliphatic hydroxyl groups is 1. The van der Waals surface area contributed by atoms with Crippen molar-refractivity contribution in [3.63, 3.8) is 0 Å². The normalized spacial score (nSPS) is 20.2. The number of nitrogens with zero attached hydrogens (tertiary/aromatic N) is 1. The molecule has 0 saturated carbocycles. The van der Waals surface area contributed by atoms with Gasteiger partial charge in [-0.05, 0) is 39.8 Å². The molecular weight excluding hydrogens is 204 g/mol. The van der Waals surface area contributed by atoms with Crippen LogP contribution in [0, 0.1) is 0 Å². The summed E-state index contributed by atoms with van der Waals surface area (Å²) in [5, 5.41) is 13.1. The molecule has 1 fully saturated rings. The lowest BCUT2D eigenvalue weighted by Crippen LogP contribution is -2.47. The smallest absolute Gasteiger partial charge is 0.0715 e. The molecule has 4 heteroatoms. The number of ether oxygens (including phenoxy) is 1. The van der Waals surface area contributed by atoms with E-state index in [1.165, 1.54) is 12.8 Å². The molecule has 2 N–H and O–H groups in total. The van der Waals surface area contributed by atoms with Crippen molar-refractivity contribution in [3.8, 4) is 0 Å². The molecule has 0 aromatic rings. The summed E-state index contributed by atoms with van der Waals surface area (Å²) in [6.45, 7) is 8.48. The zero-order chi connectivity index (χ0) is 12.0. The topological polar surface area (TPSA) is 44.7 Å². The van der Waals surface area contributed by atoms with E-state index >= 15 is 0 Å². The first-order valence-electron chi connectivity index (χ1n) is 6.18. The van der Waals surface area contributed by atoms with E-state index in [0.717, 1.165) is 26.2 Å². The molecule has 1 aliphatic rings. The number of nitrogens with one attached hydrogen (secondary N) is 1. The molecule has 0 aromatic carbocycles. The van der Waals surface area contributed by atoms with Crippen molar-refractivity contribution in [1.82, 2.24) is 10.2 Å². The highest BCUT2D eigenvalue weighted by Gasteiger charge is 2.20. The quantitative estimate of drug-likeness (QED) is 0.696. The fourth-order valence-electron chi connectivity index (χ4n) is 1.98. The Bertz CT molecular complexity index is 184. The van der Waals surface area contributed by atoms with Crippen LogP contribution in [0.3, 0.4) is 0 Å². The van der Waals surface area contributed by atoms with E-state index in [1.807, 2.05) is 13.8 Å². The number of hydrogen-bond acceptors (Lipinski definition) is 4. The molecule has 0 spiro atoms. The first-order chi connectivity index (χ1) is 7.51. The lowest BCUT2D eigenvalue weighted by atomic mass is 10.0. The monoisotopic (exact) mass is 230 g/mol. The van der Waals surface area contributed by atoms with Gasteiger partial charge in [0.15, 0.2) is 0 Å². The minimum absolute atomic E-state index is 0.560. The predicted molar refractivity (Wildman–Crippen MR) is 65.6 cm³/mol. The predicted octanol–water partition coefficient (Wildman–Crippen LogP) is 0.458. The molecule has 1 aliphatic heterocycles. The van der Waals surface area contributed by atoms with Crippen molar-refractivity contribution >= 4 is 0 Å². The first kappa shape index (κ1) is 13.9. The summed E-state index contributed by atoms with van der Waals surface area (Å²) in [5.41, 5.74) is -0.604. The minimum Gasteiger partial charge on any atom is -0.389 e. The SMILES string of the molecule is COCCN1CCC(NCC(C)(C)O)CC1. The maximum atomic E-state index is 9.63. The average molecular weight is 230 g/mol. The van der Waals surface area contributed by atoms with Gasteiger partial charge in [0.1, 0.15) is 0 Å². The van der Waals surface area contributed by atoms with Crippen LogP contribution in [0.4, 0.5) is 0 Å². The Morgan fingerprint density at radius 3 is 2.50 bits per heavy atom. The molecule has 0 bridgehead atoms. The molecule has 0 aliphatic carbocycles. The Morgan fingerprint density at radius 2 is 2.00 bits per heavy atom. The maximum absolute atomic E-state index is 9.63. The van der Waals surface area contributed by atoms with Crippen molar-refractivity contribution in [3.05, 3.63) is 0 Å². The third-order valence-electron chi connectivity index (χ3n) is 3.02. The second-order valence-corrected chi connectivity index (χ2v) is 5.30. The van der Waals surface area contributed by atoms with Crippen molar-refractivity contribution in [1.29, 1.82) is 0 Å². The Kier molecular flexibility index (Phi) is 5.69. The van der Waals surface area contributed by atoms with Crippen LogP contribution in [-0.2, 0) is 4.74 Å². The number of hydrogen-bond donors (Lipinski definition) is 2. The van der Waals surface area contributed by atoms with Gasteiger partial charge < -0.3 is 20.1 Å². The number of piperidine rings is 1. The fourth-order valence-corrected chi connectivity index (χ4v) is 1.98. The number of likely N-dealkylation sites (tertiary alicyclic amines) is 1. The summed E-state index contributed by atoms with van der Waals surface area (Å²) in [7, 11) is 1.75. The Labute approximate surface area is 99.0 Å². The van der Waals surface area contributed by atoms with Crippen molar-refractivity contribution in [2.24, 2.45) is 0 Å². The van der Waals surface area contributed by atoms with Crippen LogP contribution in [0.15, 0.2) is 0 Å². The van der Waals surface area contributed by atoms with E-state index in [2.05, 4.69) is 10.2 Å². The second-order valence-electron chi connectivity index (χ2n) is 5.30. The van der Waals surface area contributed by atoms with Gasteiger partial charge in [-0.25, -0.2) is 0 Å². The highest BCUT2D eigenvalue weighted by atomic mass is 16.5. The van der Waals surface area contributed by atoms with Gasteiger partial charge in [-0.2, -0.15) is 0 Å². The minimum atomic E-state index is -0.604. The van der Waals surface area contributed by atoms with Crippen LogP contribution in [0.1, 0.15) is 26.7 Å². The highest BCUT2D eigenvalue weighted by molar-refractivity contribution is 4.80. The van der Waals surface area contributed by atoms with E-state index in [1.54, 1.807) is 7.11 Å². The molecule has 0 radical (unpaired) electrons. The van der Waals surface area contributed by atoms with Crippen LogP contribution in [0.2, 0.25) is 0 Å². The summed E-state index contributed by atoms with van der Waals surface area (Å²) >= 11 is 0. The third-order valence-corrected chi connectivity index (χ3v) is 3.02. The van der Waals surface area contributed by atoms with E-state index in [0.29, 0.717) is 12.6 Å². The van der Waals surface area contributed by atoms with Crippen molar-refractivity contribution < 1.29 is 9.84 Å². The lowest BCUT2D eigenvalue weighted by molar-refractivity contribution is 0.0699. The van der Waals surface area contributed by atoms with Crippen LogP contribution in [0.5, 0.6) is 0 Å². The molecule has 16 heavy (non-hydrogen) atoms. The number of methoxy groups -OCH3 is 1. The van der Waals surface area contributed by atoms with Crippen molar-refractivity contribution in [2.45, 2.75) is 38.3 Å². The first-order valence-corrected chi connectivity index (χ1v) is 6.18. The highest BCUT2D eigenvalue weighted by Crippen LogP contribution is 2.10. The molecule has 1 heterocycles. The summed E-state index contributed by atoms with van der Waals surface area (Å²) in [5.74, 6) is 0. The van der Waals surface area contributed by atoms with E-state index in [4.69, 9.17) is 4.74 Å². The largest absolute Gasteiger partial charge is 0.389 e. The van der Waals surface area contributed by atoms with Crippen LogP contribution < -0.4 is 5.32 Å². The molecule has 0 atom stereocenters. The maximum Gasteiger partial charge on any atom is 0.0715 e. The lowest BCUT2D eigenvalue weighted by Gasteiger charge is -2.33. The Hall–Kier alpha value is -0.160. The van der Waals surface area contributed by atoms with Gasteiger partial charge in [0.2, 0.25) is 0 Å². The van der Waals surface area contributed by atoms with Gasteiger partial charge in [-0.1, -0.05) is 0 Å². The number of rotatable bonds is 6. The van der Waals surface area contributed by atoms with Gasteiger partial charge >= 0.3 is 0 Å². The molecule has 96 valence electrons. The van der Waals surface area contributed by atoms with Crippen molar-refractivity contribution in [2.75, 3.05) is 39.9 Å². The summed E-state index contributed by atoms with van der Waals surface area (Å²) in [4.78, 5) is 2.44. The standard InChI is InChI=1S/C12H26N2O2/c1-12(2,15)10-13-11-4-6-14(7-5-11)8-9-16-3/h11,13,15H,4-10H2,1-3H3. The van der Waals surface area contributed by atoms with E-state index < -0.39 is 5.60 Å². The zero-order valence-corrected chi connectivity index (χ0v) is 10.8. The molecule has 0 aromatic heterocycles. The van der Waals surface area contributed by atoms with E-state index in [9.17, 15) is 5.11 Å². The summed E-state index contributed by atoms with van der Waals surface area (Å²) in [6, 6.07) is 0.560. The van der Waals surface area contributed by atoms with E-state index in [-0.39, 0.29) is 0 Å². The van der Waals surface area contributed by atoms with Gasteiger partial charge in [0, 0.05) is 26.2 Å². The van der Waals surface area contributed by atoms with Crippen LogP contribution in [0.25, 0.3) is 0 Å². The molecule has 1 rings (SSSR count).